The van der Waals surface area contributed by atoms with E-state index in [1.807, 2.05) is 0 Å². The largest absolute Gasteiger partial charge is 0.462 e. The van der Waals surface area contributed by atoms with Gasteiger partial charge in [-0.25, -0.2) is 0 Å². The predicted octanol–water partition coefficient (Wildman–Crippen LogP) is 4.94. The molecule has 0 amide bonds. The number of hydrogen-bond donors (Lipinski definition) is 0. The molecule has 4 fully saturated rings. The van der Waals surface area contributed by atoms with Gasteiger partial charge in [0.2, 0.25) is 0 Å². The Kier molecular flexibility index (Phi) is 4.53. The van der Waals surface area contributed by atoms with Gasteiger partial charge in [-0.1, -0.05) is 36.4 Å². The van der Waals surface area contributed by atoms with E-state index in [2.05, 4.69) is 36.4 Å². The second-order valence-electron chi connectivity index (χ2n) is 9.71. The molecule has 4 saturated carbocycles. The SMILES string of the molecule is CC(=O)O[C@H]1CC[C@H]2[C@@H]3[C@H](I)C[C@H]4CC(=O)CC[C@]4(C)[C@H]3CC[C@]12C. The molecule has 0 bridgehead atoms. The number of ether oxygens (including phenoxy) is 1. The molecule has 0 saturated heterocycles. The van der Waals surface area contributed by atoms with Gasteiger partial charge in [0, 0.05) is 29.1 Å². The van der Waals surface area contributed by atoms with Gasteiger partial charge in [-0.05, 0) is 67.6 Å². The molecule has 0 heterocycles. The summed E-state index contributed by atoms with van der Waals surface area (Å²) < 4.78 is 6.42. The van der Waals surface area contributed by atoms with E-state index in [0.29, 0.717) is 27.0 Å². The first-order valence-corrected chi connectivity index (χ1v) is 11.3. The van der Waals surface area contributed by atoms with Crippen molar-refractivity contribution in [2.45, 2.75) is 82.2 Å². The summed E-state index contributed by atoms with van der Waals surface area (Å²) >= 11 is 2.69. The molecule has 0 radical (unpaired) electrons. The number of hydrogen-bond acceptors (Lipinski definition) is 3. The van der Waals surface area contributed by atoms with Crippen LogP contribution in [0, 0.1) is 34.5 Å². The van der Waals surface area contributed by atoms with E-state index in [9.17, 15) is 9.59 Å². The maximum atomic E-state index is 12.1. The summed E-state index contributed by atoms with van der Waals surface area (Å²) in [6, 6.07) is 0. The number of alkyl halides is 1. The number of rotatable bonds is 1. The lowest BCUT2D eigenvalue weighted by atomic mass is 9.45. The van der Waals surface area contributed by atoms with Crippen molar-refractivity contribution in [2.24, 2.45) is 34.5 Å². The van der Waals surface area contributed by atoms with Gasteiger partial charge in [0.1, 0.15) is 11.9 Å². The second-order valence-corrected chi connectivity index (χ2v) is 11.3. The van der Waals surface area contributed by atoms with E-state index in [-0.39, 0.29) is 17.5 Å². The highest BCUT2D eigenvalue weighted by molar-refractivity contribution is 14.1. The predicted molar refractivity (Wildman–Crippen MR) is 105 cm³/mol. The van der Waals surface area contributed by atoms with Crippen LogP contribution >= 0.6 is 22.6 Å². The van der Waals surface area contributed by atoms with Crippen LogP contribution < -0.4 is 0 Å². The molecule has 25 heavy (non-hydrogen) atoms. The van der Waals surface area contributed by atoms with E-state index in [4.69, 9.17) is 4.74 Å². The summed E-state index contributed by atoms with van der Waals surface area (Å²) in [5, 5.41) is 0. The molecule has 0 unspecified atom stereocenters. The number of carbonyl (C=O) groups is 2. The normalized spacial score (nSPS) is 52.1. The van der Waals surface area contributed by atoms with Crippen LogP contribution in [0.1, 0.15) is 72.1 Å². The Bertz CT molecular complexity index is 590. The van der Waals surface area contributed by atoms with E-state index in [0.717, 1.165) is 37.5 Å². The fourth-order valence-corrected chi connectivity index (χ4v) is 8.92. The fourth-order valence-electron chi connectivity index (χ4n) is 7.31. The monoisotopic (exact) mass is 458 g/mol. The lowest BCUT2D eigenvalue weighted by molar-refractivity contribution is -0.161. The maximum Gasteiger partial charge on any atom is 0.302 e. The van der Waals surface area contributed by atoms with Crippen LogP contribution in [0.4, 0.5) is 0 Å². The number of ketones is 1. The zero-order valence-electron chi connectivity index (χ0n) is 15.7. The second kappa shape index (κ2) is 6.20. The van der Waals surface area contributed by atoms with Gasteiger partial charge in [-0.15, -0.1) is 0 Å². The highest BCUT2D eigenvalue weighted by Gasteiger charge is 2.62. The number of carbonyl (C=O) groups excluding carboxylic acids is 2. The molecule has 0 spiro atoms. The topological polar surface area (TPSA) is 43.4 Å². The first-order chi connectivity index (χ1) is 11.8. The minimum absolute atomic E-state index is 0.109. The third-order valence-electron chi connectivity index (χ3n) is 8.68. The maximum absolute atomic E-state index is 12.1. The summed E-state index contributed by atoms with van der Waals surface area (Å²) in [6.07, 6.45) is 8.68. The lowest BCUT2D eigenvalue weighted by Crippen LogP contribution is -2.57. The zero-order chi connectivity index (χ0) is 18.0. The first-order valence-electron chi connectivity index (χ1n) is 10.1. The van der Waals surface area contributed by atoms with Crippen LogP contribution in [0.25, 0.3) is 0 Å². The summed E-state index contributed by atoms with van der Waals surface area (Å²) in [5.41, 5.74) is 0.505. The number of Topliss-reactive ketones (excluding diaryl/α,β-unsaturated/α-hetero) is 1. The van der Waals surface area contributed by atoms with Gasteiger partial charge in [0.15, 0.2) is 0 Å². The number of fused-ring (bicyclic) bond motifs is 5. The van der Waals surface area contributed by atoms with Crippen molar-refractivity contribution in [3.05, 3.63) is 0 Å². The third kappa shape index (κ3) is 2.71. The molecule has 0 aromatic rings. The van der Waals surface area contributed by atoms with Gasteiger partial charge in [-0.3, -0.25) is 9.59 Å². The molecule has 4 aliphatic rings. The van der Waals surface area contributed by atoms with Crippen molar-refractivity contribution < 1.29 is 14.3 Å². The summed E-state index contributed by atoms with van der Waals surface area (Å²) in [6.45, 7) is 6.43. The smallest absolute Gasteiger partial charge is 0.302 e. The van der Waals surface area contributed by atoms with Crippen LogP contribution in [0.2, 0.25) is 0 Å². The molecule has 0 N–H and O–H groups in total. The van der Waals surface area contributed by atoms with Gasteiger partial charge >= 0.3 is 5.97 Å². The van der Waals surface area contributed by atoms with Crippen LogP contribution in [0.3, 0.4) is 0 Å². The molecule has 0 aromatic heterocycles. The molecule has 0 aliphatic heterocycles. The number of halogens is 1. The first kappa shape index (κ1) is 18.2. The Morgan fingerprint density at radius 1 is 1.12 bits per heavy atom. The van der Waals surface area contributed by atoms with Crippen LogP contribution in [-0.2, 0) is 14.3 Å². The van der Waals surface area contributed by atoms with Crippen molar-refractivity contribution in [2.75, 3.05) is 0 Å². The summed E-state index contributed by atoms with van der Waals surface area (Å²) in [7, 11) is 0. The van der Waals surface area contributed by atoms with Gasteiger partial charge in [0.05, 0.1) is 0 Å². The third-order valence-corrected chi connectivity index (χ3v) is 10.0. The fraction of sp³-hybridized carbons (Fsp3) is 0.905. The van der Waals surface area contributed by atoms with Crippen molar-refractivity contribution >= 4 is 34.3 Å². The molecule has 0 aromatic carbocycles. The molecule has 4 heteroatoms. The lowest BCUT2D eigenvalue weighted by Gasteiger charge is -2.61. The van der Waals surface area contributed by atoms with Crippen molar-refractivity contribution in [1.29, 1.82) is 0 Å². The minimum Gasteiger partial charge on any atom is -0.462 e. The van der Waals surface area contributed by atoms with Gasteiger partial charge < -0.3 is 4.74 Å². The van der Waals surface area contributed by atoms with Gasteiger partial charge in [-0.2, -0.15) is 0 Å². The molecule has 4 aliphatic carbocycles. The zero-order valence-corrected chi connectivity index (χ0v) is 17.9. The molecular weight excluding hydrogens is 427 g/mol. The van der Waals surface area contributed by atoms with Crippen molar-refractivity contribution in [1.82, 2.24) is 0 Å². The summed E-state index contributed by atoms with van der Waals surface area (Å²) in [5.74, 6) is 3.10. The Morgan fingerprint density at radius 2 is 1.84 bits per heavy atom. The molecule has 3 nitrogen and oxygen atoms in total. The molecule has 8 atom stereocenters. The van der Waals surface area contributed by atoms with E-state index < -0.39 is 0 Å². The number of esters is 1. The average molecular weight is 458 g/mol. The average Bonchev–Trinajstić information content (AvgIpc) is 2.85. The quantitative estimate of drug-likeness (QED) is 0.318. The Hall–Kier alpha value is -0.130. The van der Waals surface area contributed by atoms with Crippen molar-refractivity contribution in [3.8, 4) is 0 Å². The van der Waals surface area contributed by atoms with Crippen LogP contribution in [-0.4, -0.2) is 21.8 Å². The Balaban J connectivity index is 1.63. The Morgan fingerprint density at radius 3 is 2.56 bits per heavy atom. The molecule has 4 rings (SSSR count). The van der Waals surface area contributed by atoms with Gasteiger partial charge in [0.25, 0.3) is 0 Å². The highest BCUT2D eigenvalue weighted by Crippen LogP contribution is 2.67. The highest BCUT2D eigenvalue weighted by atomic mass is 127. The Labute approximate surface area is 165 Å². The minimum atomic E-state index is -0.124. The van der Waals surface area contributed by atoms with E-state index in [1.54, 1.807) is 6.92 Å². The van der Waals surface area contributed by atoms with E-state index >= 15 is 0 Å². The van der Waals surface area contributed by atoms with Crippen LogP contribution in [0.5, 0.6) is 0 Å². The van der Waals surface area contributed by atoms with Crippen LogP contribution in [0.15, 0.2) is 0 Å². The van der Waals surface area contributed by atoms with E-state index in [1.165, 1.54) is 25.7 Å². The van der Waals surface area contributed by atoms with Crippen molar-refractivity contribution in [3.63, 3.8) is 0 Å². The summed E-state index contributed by atoms with van der Waals surface area (Å²) in [4.78, 5) is 23.6. The molecule has 140 valence electrons. The molecular formula is C21H31IO3. The standard InChI is InChI=1S/C21H31IO3/c1-12(23)25-18-5-4-15-19-16(7-9-21(15,18)3)20(2)8-6-14(24)10-13(20)11-17(19)22/h13,15-19H,4-11H2,1-3H3/t13-,15+,16+,17-,18+,19+,20+,21+/m1/s1.